The predicted molar refractivity (Wildman–Crippen MR) is 69.9 cm³/mol. The SMILES string of the molecule is CCCNC(c1cc(F)ccc1F)c1ccoc1C. The van der Waals surface area contributed by atoms with E-state index in [0.717, 1.165) is 24.1 Å². The van der Waals surface area contributed by atoms with Crippen molar-refractivity contribution < 1.29 is 13.2 Å². The maximum absolute atomic E-state index is 13.9. The highest BCUT2D eigenvalue weighted by Gasteiger charge is 2.21. The van der Waals surface area contributed by atoms with Crippen LogP contribution < -0.4 is 5.32 Å². The van der Waals surface area contributed by atoms with E-state index >= 15 is 0 Å². The Balaban J connectivity index is 2.42. The van der Waals surface area contributed by atoms with Crippen molar-refractivity contribution in [3.63, 3.8) is 0 Å². The Labute approximate surface area is 111 Å². The number of nitrogens with one attached hydrogen (secondary N) is 1. The van der Waals surface area contributed by atoms with E-state index < -0.39 is 17.7 Å². The normalized spacial score (nSPS) is 12.6. The van der Waals surface area contributed by atoms with E-state index in [9.17, 15) is 8.78 Å². The Morgan fingerprint density at radius 3 is 2.63 bits per heavy atom. The number of benzene rings is 1. The molecular formula is C15H17F2NO. The van der Waals surface area contributed by atoms with E-state index in [1.54, 1.807) is 12.3 Å². The van der Waals surface area contributed by atoms with Crippen molar-refractivity contribution in [3.8, 4) is 0 Å². The first-order valence-corrected chi connectivity index (χ1v) is 6.35. The fourth-order valence-electron chi connectivity index (χ4n) is 2.11. The van der Waals surface area contributed by atoms with Gasteiger partial charge in [-0.25, -0.2) is 8.78 Å². The minimum absolute atomic E-state index is 0.304. The molecule has 0 fully saturated rings. The van der Waals surface area contributed by atoms with Crippen LogP contribution in [0.3, 0.4) is 0 Å². The van der Waals surface area contributed by atoms with Crippen LogP contribution in [0.2, 0.25) is 0 Å². The van der Waals surface area contributed by atoms with Crippen molar-refractivity contribution in [2.75, 3.05) is 6.54 Å². The van der Waals surface area contributed by atoms with Crippen molar-refractivity contribution >= 4 is 0 Å². The molecule has 2 aromatic rings. The van der Waals surface area contributed by atoms with Crippen LogP contribution in [0.25, 0.3) is 0 Å². The van der Waals surface area contributed by atoms with E-state index in [4.69, 9.17) is 4.42 Å². The average Bonchev–Trinajstić information content (AvgIpc) is 2.80. The molecule has 1 N–H and O–H groups in total. The minimum Gasteiger partial charge on any atom is -0.469 e. The fourth-order valence-corrected chi connectivity index (χ4v) is 2.11. The van der Waals surface area contributed by atoms with Gasteiger partial charge < -0.3 is 9.73 Å². The Morgan fingerprint density at radius 1 is 1.21 bits per heavy atom. The molecule has 4 heteroatoms. The molecule has 1 atom stereocenters. The summed E-state index contributed by atoms with van der Waals surface area (Å²) in [4.78, 5) is 0. The largest absolute Gasteiger partial charge is 0.469 e. The molecule has 2 nitrogen and oxygen atoms in total. The van der Waals surface area contributed by atoms with E-state index in [2.05, 4.69) is 5.32 Å². The molecule has 0 radical (unpaired) electrons. The van der Waals surface area contributed by atoms with Crippen molar-refractivity contribution in [3.05, 3.63) is 59.1 Å². The quantitative estimate of drug-likeness (QED) is 0.885. The van der Waals surface area contributed by atoms with Gasteiger partial charge in [0.2, 0.25) is 0 Å². The zero-order chi connectivity index (χ0) is 13.8. The van der Waals surface area contributed by atoms with Gasteiger partial charge in [-0.3, -0.25) is 0 Å². The number of furan rings is 1. The third kappa shape index (κ3) is 3.01. The standard InChI is InChI=1S/C15H17F2NO/c1-3-7-18-15(12-6-8-19-10(12)2)13-9-11(16)4-5-14(13)17/h4-6,8-9,15,18H,3,7H2,1-2H3. The number of halogens is 2. The van der Waals surface area contributed by atoms with Crippen LogP contribution in [0, 0.1) is 18.6 Å². The molecule has 0 saturated heterocycles. The number of rotatable bonds is 5. The highest BCUT2D eigenvalue weighted by atomic mass is 19.1. The van der Waals surface area contributed by atoms with Gasteiger partial charge in [-0.05, 0) is 44.2 Å². The molecule has 19 heavy (non-hydrogen) atoms. The maximum atomic E-state index is 13.9. The summed E-state index contributed by atoms with van der Waals surface area (Å²) in [5, 5.41) is 3.23. The summed E-state index contributed by atoms with van der Waals surface area (Å²) in [6.07, 6.45) is 2.47. The Kier molecular flexibility index (Phi) is 4.32. The maximum Gasteiger partial charge on any atom is 0.128 e. The van der Waals surface area contributed by atoms with E-state index in [0.29, 0.717) is 17.9 Å². The molecule has 0 aliphatic heterocycles. The van der Waals surface area contributed by atoms with Crippen molar-refractivity contribution in [1.29, 1.82) is 0 Å². The summed E-state index contributed by atoms with van der Waals surface area (Å²) in [6, 6.07) is 4.90. The summed E-state index contributed by atoms with van der Waals surface area (Å²) in [7, 11) is 0. The molecular weight excluding hydrogens is 248 g/mol. The van der Waals surface area contributed by atoms with Crippen LogP contribution in [0.15, 0.2) is 34.9 Å². The second-order valence-electron chi connectivity index (χ2n) is 4.49. The van der Waals surface area contributed by atoms with Gasteiger partial charge in [0, 0.05) is 11.1 Å². The van der Waals surface area contributed by atoms with E-state index in [-0.39, 0.29) is 0 Å². The van der Waals surface area contributed by atoms with Crippen molar-refractivity contribution in [1.82, 2.24) is 5.32 Å². The molecule has 0 aliphatic carbocycles. The second kappa shape index (κ2) is 5.97. The van der Waals surface area contributed by atoms with Crippen LogP contribution >= 0.6 is 0 Å². The molecule has 2 rings (SSSR count). The molecule has 1 unspecified atom stereocenters. The molecule has 1 aromatic heterocycles. The third-order valence-electron chi connectivity index (χ3n) is 3.08. The minimum atomic E-state index is -0.444. The summed E-state index contributed by atoms with van der Waals surface area (Å²) in [5.74, 6) is -0.159. The molecule has 0 spiro atoms. The van der Waals surface area contributed by atoms with Gasteiger partial charge in [-0.2, -0.15) is 0 Å². The lowest BCUT2D eigenvalue weighted by Crippen LogP contribution is -2.24. The zero-order valence-corrected chi connectivity index (χ0v) is 11.0. The Hall–Kier alpha value is -1.68. The molecule has 1 aromatic carbocycles. The predicted octanol–water partition coefficient (Wildman–Crippen LogP) is 3.96. The van der Waals surface area contributed by atoms with Crippen molar-refractivity contribution in [2.45, 2.75) is 26.3 Å². The summed E-state index contributed by atoms with van der Waals surface area (Å²) < 4.78 is 32.5. The lowest BCUT2D eigenvalue weighted by atomic mass is 9.98. The highest BCUT2D eigenvalue weighted by Crippen LogP contribution is 2.28. The summed E-state index contributed by atoms with van der Waals surface area (Å²) >= 11 is 0. The lowest BCUT2D eigenvalue weighted by molar-refractivity contribution is 0.505. The molecule has 0 amide bonds. The highest BCUT2D eigenvalue weighted by molar-refractivity contribution is 5.34. The summed E-state index contributed by atoms with van der Waals surface area (Å²) in [6.45, 7) is 4.55. The van der Waals surface area contributed by atoms with Crippen LogP contribution in [0.5, 0.6) is 0 Å². The first-order valence-electron chi connectivity index (χ1n) is 6.35. The Morgan fingerprint density at radius 2 is 2.00 bits per heavy atom. The van der Waals surface area contributed by atoms with E-state index in [1.165, 1.54) is 6.07 Å². The van der Waals surface area contributed by atoms with Crippen LogP contribution in [-0.2, 0) is 0 Å². The molecule has 1 heterocycles. The van der Waals surface area contributed by atoms with E-state index in [1.807, 2.05) is 13.8 Å². The third-order valence-corrected chi connectivity index (χ3v) is 3.08. The lowest BCUT2D eigenvalue weighted by Gasteiger charge is -2.19. The van der Waals surface area contributed by atoms with Gasteiger partial charge in [0.15, 0.2) is 0 Å². The summed E-state index contributed by atoms with van der Waals surface area (Å²) in [5.41, 5.74) is 1.14. The molecule has 0 aliphatic rings. The second-order valence-corrected chi connectivity index (χ2v) is 4.49. The first-order chi connectivity index (χ1) is 9.13. The number of hydrogen-bond donors (Lipinski definition) is 1. The van der Waals surface area contributed by atoms with Gasteiger partial charge in [0.05, 0.1) is 12.3 Å². The monoisotopic (exact) mass is 265 g/mol. The smallest absolute Gasteiger partial charge is 0.128 e. The van der Waals surface area contributed by atoms with Gasteiger partial charge in [-0.1, -0.05) is 6.92 Å². The molecule has 102 valence electrons. The van der Waals surface area contributed by atoms with Gasteiger partial charge in [0.25, 0.3) is 0 Å². The first kappa shape index (κ1) is 13.7. The average molecular weight is 265 g/mol. The fraction of sp³-hybridized carbons (Fsp3) is 0.333. The van der Waals surface area contributed by atoms with Crippen LogP contribution in [0.1, 0.15) is 36.3 Å². The topological polar surface area (TPSA) is 25.2 Å². The van der Waals surface area contributed by atoms with Gasteiger partial charge in [0.1, 0.15) is 17.4 Å². The molecule has 0 bridgehead atoms. The van der Waals surface area contributed by atoms with Crippen molar-refractivity contribution in [2.24, 2.45) is 0 Å². The number of hydrogen-bond acceptors (Lipinski definition) is 2. The van der Waals surface area contributed by atoms with Crippen LogP contribution in [0.4, 0.5) is 8.78 Å². The molecule has 0 saturated carbocycles. The van der Waals surface area contributed by atoms with Gasteiger partial charge in [-0.15, -0.1) is 0 Å². The number of aryl methyl sites for hydroxylation is 1. The van der Waals surface area contributed by atoms with Crippen LogP contribution in [-0.4, -0.2) is 6.54 Å². The zero-order valence-electron chi connectivity index (χ0n) is 11.0. The van der Waals surface area contributed by atoms with Gasteiger partial charge >= 0.3 is 0 Å². The Bertz CT molecular complexity index is 551.